The summed E-state index contributed by atoms with van der Waals surface area (Å²) in [6.45, 7) is 6.61. The van der Waals surface area contributed by atoms with Crippen LogP contribution in [0, 0.1) is 0 Å². The molecule has 3 heteroatoms. The van der Waals surface area contributed by atoms with Gasteiger partial charge in [-0.3, -0.25) is 9.88 Å². The van der Waals surface area contributed by atoms with Gasteiger partial charge in [-0.25, -0.2) is 0 Å². The van der Waals surface area contributed by atoms with E-state index in [0.717, 1.165) is 26.2 Å². The van der Waals surface area contributed by atoms with Crippen molar-refractivity contribution in [1.29, 1.82) is 0 Å². The monoisotopic (exact) mass is 267 g/mol. The van der Waals surface area contributed by atoms with Gasteiger partial charge in [0.2, 0.25) is 0 Å². The largest absolute Gasteiger partial charge is 0.312 e. The zero-order chi connectivity index (χ0) is 13.8. The third-order valence-electron chi connectivity index (χ3n) is 3.78. The molecule has 1 aliphatic heterocycles. The minimum absolute atomic E-state index is 0.588. The summed E-state index contributed by atoms with van der Waals surface area (Å²) >= 11 is 0. The van der Waals surface area contributed by atoms with Crippen molar-refractivity contribution in [3.05, 3.63) is 54.4 Å². The first-order valence-electron chi connectivity index (χ1n) is 7.26. The highest BCUT2D eigenvalue weighted by Crippen LogP contribution is 2.20. The van der Waals surface area contributed by atoms with Crippen LogP contribution in [0.3, 0.4) is 0 Å². The Morgan fingerprint density at radius 2 is 2.15 bits per heavy atom. The number of aromatic nitrogens is 1. The maximum absolute atomic E-state index is 4.20. The first-order chi connectivity index (χ1) is 9.81. The van der Waals surface area contributed by atoms with Crippen LogP contribution in [-0.4, -0.2) is 35.6 Å². The van der Waals surface area contributed by atoms with Crippen LogP contribution in [0.15, 0.2) is 48.8 Å². The number of pyridine rings is 1. The summed E-state index contributed by atoms with van der Waals surface area (Å²) in [6, 6.07) is 13.5. The maximum Gasteiger partial charge on any atom is 0.0346 e. The molecule has 0 spiro atoms. The smallest absolute Gasteiger partial charge is 0.0346 e. The Balaban J connectivity index is 1.74. The number of nitrogens with one attached hydrogen (secondary N) is 1. The molecule has 20 heavy (non-hydrogen) atoms. The van der Waals surface area contributed by atoms with Crippen molar-refractivity contribution >= 4 is 0 Å². The van der Waals surface area contributed by atoms with Gasteiger partial charge in [0.25, 0.3) is 0 Å². The molecular weight excluding hydrogens is 246 g/mol. The van der Waals surface area contributed by atoms with E-state index in [1.807, 2.05) is 18.5 Å². The molecule has 2 aromatic rings. The molecule has 1 unspecified atom stereocenters. The van der Waals surface area contributed by atoms with E-state index in [-0.39, 0.29) is 0 Å². The molecule has 1 aromatic carbocycles. The molecule has 1 N–H and O–H groups in total. The molecule has 3 nitrogen and oxygen atoms in total. The predicted octanol–water partition coefficient (Wildman–Crippen LogP) is 2.54. The lowest BCUT2D eigenvalue weighted by atomic mass is 10.0. The zero-order valence-electron chi connectivity index (χ0n) is 11.9. The standard InChI is InChI=1S/C17H21N3/c1-14-12-20(9-8-19-14)13-15-4-2-5-16(10-15)17-6-3-7-18-11-17/h2-7,10-11,14,19H,8-9,12-13H2,1H3. The number of hydrogen-bond donors (Lipinski definition) is 1. The van der Waals surface area contributed by atoms with E-state index in [0.29, 0.717) is 6.04 Å². The first kappa shape index (κ1) is 13.3. The summed E-state index contributed by atoms with van der Waals surface area (Å²) in [5.41, 5.74) is 3.81. The van der Waals surface area contributed by atoms with Crippen LogP contribution < -0.4 is 5.32 Å². The first-order valence-corrected chi connectivity index (χ1v) is 7.26. The van der Waals surface area contributed by atoms with E-state index in [4.69, 9.17) is 0 Å². The van der Waals surface area contributed by atoms with Gasteiger partial charge in [-0.15, -0.1) is 0 Å². The van der Waals surface area contributed by atoms with Crippen LogP contribution in [0.5, 0.6) is 0 Å². The molecule has 0 saturated carbocycles. The molecular formula is C17H21N3. The van der Waals surface area contributed by atoms with Gasteiger partial charge in [0.15, 0.2) is 0 Å². The second-order valence-corrected chi connectivity index (χ2v) is 5.53. The van der Waals surface area contributed by atoms with Crippen molar-refractivity contribution in [3.63, 3.8) is 0 Å². The second-order valence-electron chi connectivity index (χ2n) is 5.53. The number of rotatable bonds is 3. The van der Waals surface area contributed by atoms with Crippen molar-refractivity contribution in [2.45, 2.75) is 19.5 Å². The van der Waals surface area contributed by atoms with E-state index in [2.05, 4.69) is 52.5 Å². The Kier molecular flexibility index (Phi) is 4.09. The number of hydrogen-bond acceptors (Lipinski definition) is 3. The lowest BCUT2D eigenvalue weighted by Gasteiger charge is -2.31. The fourth-order valence-electron chi connectivity index (χ4n) is 2.80. The van der Waals surface area contributed by atoms with Crippen molar-refractivity contribution < 1.29 is 0 Å². The average molecular weight is 267 g/mol. The average Bonchev–Trinajstić information content (AvgIpc) is 2.48. The number of piperazine rings is 1. The van der Waals surface area contributed by atoms with Gasteiger partial charge < -0.3 is 5.32 Å². The predicted molar refractivity (Wildman–Crippen MR) is 82.4 cm³/mol. The van der Waals surface area contributed by atoms with Crippen LogP contribution in [-0.2, 0) is 6.54 Å². The van der Waals surface area contributed by atoms with Crippen LogP contribution in [0.2, 0.25) is 0 Å². The molecule has 1 aromatic heterocycles. The van der Waals surface area contributed by atoms with Crippen LogP contribution in [0.25, 0.3) is 11.1 Å². The Morgan fingerprint density at radius 1 is 1.25 bits per heavy atom. The summed E-state index contributed by atoms with van der Waals surface area (Å²) in [4.78, 5) is 6.72. The van der Waals surface area contributed by atoms with Crippen molar-refractivity contribution in [2.75, 3.05) is 19.6 Å². The van der Waals surface area contributed by atoms with Crippen LogP contribution in [0.4, 0.5) is 0 Å². The molecule has 1 fully saturated rings. The number of benzene rings is 1. The van der Waals surface area contributed by atoms with Gasteiger partial charge in [0.05, 0.1) is 0 Å². The summed E-state index contributed by atoms with van der Waals surface area (Å²) < 4.78 is 0. The highest BCUT2D eigenvalue weighted by molar-refractivity contribution is 5.62. The third kappa shape index (κ3) is 3.24. The Hall–Kier alpha value is -1.71. The molecule has 3 rings (SSSR count). The van der Waals surface area contributed by atoms with Crippen molar-refractivity contribution in [1.82, 2.24) is 15.2 Å². The van der Waals surface area contributed by atoms with Crippen LogP contribution in [0.1, 0.15) is 12.5 Å². The summed E-state index contributed by atoms with van der Waals surface area (Å²) in [5, 5.41) is 3.49. The van der Waals surface area contributed by atoms with Gasteiger partial charge in [-0.05, 0) is 35.7 Å². The fraction of sp³-hybridized carbons (Fsp3) is 0.353. The third-order valence-corrected chi connectivity index (χ3v) is 3.78. The second kappa shape index (κ2) is 6.16. The number of nitrogens with zero attached hydrogens (tertiary/aromatic N) is 2. The van der Waals surface area contributed by atoms with Gasteiger partial charge in [0, 0.05) is 44.6 Å². The van der Waals surface area contributed by atoms with E-state index in [1.165, 1.54) is 16.7 Å². The quantitative estimate of drug-likeness (QED) is 0.926. The molecule has 0 radical (unpaired) electrons. The molecule has 0 bridgehead atoms. The van der Waals surface area contributed by atoms with E-state index in [9.17, 15) is 0 Å². The van der Waals surface area contributed by atoms with E-state index >= 15 is 0 Å². The Morgan fingerprint density at radius 3 is 2.95 bits per heavy atom. The highest BCUT2D eigenvalue weighted by Gasteiger charge is 2.15. The van der Waals surface area contributed by atoms with Crippen molar-refractivity contribution in [3.8, 4) is 11.1 Å². The van der Waals surface area contributed by atoms with Gasteiger partial charge in [-0.2, -0.15) is 0 Å². The summed E-state index contributed by atoms with van der Waals surface area (Å²) in [5.74, 6) is 0. The molecule has 0 amide bonds. The summed E-state index contributed by atoms with van der Waals surface area (Å²) in [7, 11) is 0. The van der Waals surface area contributed by atoms with E-state index in [1.54, 1.807) is 0 Å². The fourth-order valence-corrected chi connectivity index (χ4v) is 2.80. The Labute approximate surface area is 120 Å². The summed E-state index contributed by atoms with van der Waals surface area (Å²) in [6.07, 6.45) is 3.74. The normalized spacial score (nSPS) is 19.9. The van der Waals surface area contributed by atoms with Gasteiger partial charge in [0.1, 0.15) is 0 Å². The molecule has 1 aliphatic rings. The molecule has 1 saturated heterocycles. The lowest BCUT2D eigenvalue weighted by Crippen LogP contribution is -2.48. The van der Waals surface area contributed by atoms with Gasteiger partial charge in [-0.1, -0.05) is 24.3 Å². The molecule has 104 valence electrons. The SMILES string of the molecule is CC1CN(Cc2cccc(-c3cccnc3)c2)CCN1. The Bertz CT molecular complexity index is 553. The minimum Gasteiger partial charge on any atom is -0.312 e. The van der Waals surface area contributed by atoms with Gasteiger partial charge >= 0.3 is 0 Å². The highest BCUT2D eigenvalue weighted by atomic mass is 15.2. The van der Waals surface area contributed by atoms with E-state index < -0.39 is 0 Å². The van der Waals surface area contributed by atoms with Crippen molar-refractivity contribution in [2.24, 2.45) is 0 Å². The maximum atomic E-state index is 4.20. The van der Waals surface area contributed by atoms with Crippen LogP contribution >= 0.6 is 0 Å². The topological polar surface area (TPSA) is 28.2 Å². The molecule has 2 heterocycles. The minimum atomic E-state index is 0.588. The lowest BCUT2D eigenvalue weighted by molar-refractivity contribution is 0.199. The molecule has 1 atom stereocenters. The molecule has 0 aliphatic carbocycles. The zero-order valence-corrected chi connectivity index (χ0v) is 11.9.